The lowest BCUT2D eigenvalue weighted by Gasteiger charge is -2.12. The molecule has 7 nitrogen and oxygen atoms in total. The maximum Gasteiger partial charge on any atom is 0.253 e. The zero-order chi connectivity index (χ0) is 20.1. The molecular weight excluding hydrogens is 420 g/mol. The first-order valence-electron chi connectivity index (χ1n) is 8.84. The molecule has 0 aliphatic carbocycles. The third-order valence-electron chi connectivity index (χ3n) is 4.19. The predicted octanol–water partition coefficient (Wildman–Crippen LogP) is 2.66. The number of halogens is 1. The van der Waals surface area contributed by atoms with Crippen molar-refractivity contribution in [3.8, 4) is 0 Å². The number of hydrogen-bond donors (Lipinski definition) is 2. The Labute approximate surface area is 172 Å². The van der Waals surface area contributed by atoms with Gasteiger partial charge in [-0.3, -0.25) is 9.79 Å². The highest BCUT2D eigenvalue weighted by molar-refractivity contribution is 9.10. The lowest BCUT2D eigenvalue weighted by atomic mass is 10.1. The maximum atomic E-state index is 11.9. The molecular formula is C20H23BrN6O. The van der Waals surface area contributed by atoms with Gasteiger partial charge in [-0.15, -0.1) is 0 Å². The number of nitrogens with one attached hydrogen (secondary N) is 2. The summed E-state index contributed by atoms with van der Waals surface area (Å²) in [6.45, 7) is 1.17. The minimum Gasteiger partial charge on any atom is -0.352 e. The summed E-state index contributed by atoms with van der Waals surface area (Å²) in [5, 5.41) is 6.54. The smallest absolute Gasteiger partial charge is 0.253 e. The second kappa shape index (κ2) is 8.88. The first-order chi connectivity index (χ1) is 13.5. The zero-order valence-electron chi connectivity index (χ0n) is 16.1. The Bertz CT molecular complexity index is 994. The van der Waals surface area contributed by atoms with Crippen LogP contribution in [-0.2, 0) is 13.1 Å². The first-order valence-corrected chi connectivity index (χ1v) is 9.64. The lowest BCUT2D eigenvalue weighted by Crippen LogP contribution is -2.36. The van der Waals surface area contributed by atoms with E-state index >= 15 is 0 Å². The van der Waals surface area contributed by atoms with Crippen LogP contribution in [0.5, 0.6) is 0 Å². The summed E-state index contributed by atoms with van der Waals surface area (Å²) in [6.07, 6.45) is 3.96. The molecule has 3 aromatic rings. The molecule has 0 unspecified atom stereocenters. The number of carbonyl (C=O) groups is 1. The van der Waals surface area contributed by atoms with Gasteiger partial charge >= 0.3 is 0 Å². The van der Waals surface area contributed by atoms with Crippen LogP contribution in [0, 0.1) is 0 Å². The first kappa shape index (κ1) is 19.9. The van der Waals surface area contributed by atoms with Crippen LogP contribution in [0.3, 0.4) is 0 Å². The highest BCUT2D eigenvalue weighted by Gasteiger charge is 2.08. The predicted molar refractivity (Wildman–Crippen MR) is 114 cm³/mol. The van der Waals surface area contributed by atoms with Crippen molar-refractivity contribution in [3.05, 3.63) is 70.1 Å². The number of aliphatic imine (C=N–C) groups is 1. The van der Waals surface area contributed by atoms with E-state index in [0.717, 1.165) is 21.4 Å². The van der Waals surface area contributed by atoms with Crippen molar-refractivity contribution in [2.45, 2.75) is 13.1 Å². The topological polar surface area (TPSA) is 74.0 Å². The van der Waals surface area contributed by atoms with Gasteiger partial charge in [0.05, 0.1) is 12.2 Å². The summed E-state index contributed by atoms with van der Waals surface area (Å²) in [5.41, 5.74) is 3.56. The largest absolute Gasteiger partial charge is 0.352 e. The van der Waals surface area contributed by atoms with Gasteiger partial charge in [0.2, 0.25) is 0 Å². The van der Waals surface area contributed by atoms with Crippen LogP contribution >= 0.6 is 15.9 Å². The van der Waals surface area contributed by atoms with Crippen LogP contribution in [0.1, 0.15) is 21.6 Å². The van der Waals surface area contributed by atoms with Crippen molar-refractivity contribution in [2.24, 2.45) is 4.99 Å². The Morgan fingerprint density at radius 1 is 1.11 bits per heavy atom. The van der Waals surface area contributed by atoms with E-state index in [1.54, 1.807) is 26.0 Å². The van der Waals surface area contributed by atoms with Crippen molar-refractivity contribution >= 4 is 33.4 Å². The third-order valence-corrected chi connectivity index (χ3v) is 4.66. The number of fused-ring (bicyclic) bond motifs is 1. The number of rotatable bonds is 5. The van der Waals surface area contributed by atoms with Gasteiger partial charge in [0.25, 0.3) is 5.91 Å². The zero-order valence-corrected chi connectivity index (χ0v) is 17.7. The van der Waals surface area contributed by atoms with E-state index in [1.807, 2.05) is 53.2 Å². The minimum absolute atomic E-state index is 0.00327. The SMILES string of the molecule is CN=C(NCc1ccc(C(=O)N(C)C)cc1)NCc1cn2cc(Br)ccc2n1. The second-order valence-electron chi connectivity index (χ2n) is 6.52. The highest BCUT2D eigenvalue weighted by Crippen LogP contribution is 2.12. The molecule has 0 bridgehead atoms. The van der Waals surface area contributed by atoms with Gasteiger partial charge in [-0.2, -0.15) is 0 Å². The van der Waals surface area contributed by atoms with E-state index in [4.69, 9.17) is 0 Å². The Hall–Kier alpha value is -2.87. The third kappa shape index (κ3) is 4.89. The molecule has 0 atom stereocenters. The molecule has 2 heterocycles. The molecule has 0 spiro atoms. The molecule has 0 saturated carbocycles. The van der Waals surface area contributed by atoms with Gasteiger partial charge in [-0.1, -0.05) is 12.1 Å². The summed E-state index contributed by atoms with van der Waals surface area (Å²) in [4.78, 5) is 22.3. The van der Waals surface area contributed by atoms with Gasteiger partial charge in [-0.25, -0.2) is 4.98 Å². The number of carbonyl (C=O) groups excluding carboxylic acids is 1. The van der Waals surface area contributed by atoms with Crippen molar-refractivity contribution < 1.29 is 4.79 Å². The fraction of sp³-hybridized carbons (Fsp3) is 0.250. The van der Waals surface area contributed by atoms with Crippen molar-refractivity contribution in [1.82, 2.24) is 24.9 Å². The molecule has 0 aliphatic heterocycles. The molecule has 28 heavy (non-hydrogen) atoms. The molecule has 3 rings (SSSR count). The average Bonchev–Trinajstić information content (AvgIpc) is 3.09. The Balaban J connectivity index is 1.55. The van der Waals surface area contributed by atoms with Gasteiger partial charge in [0, 0.05) is 50.1 Å². The number of benzene rings is 1. The Morgan fingerprint density at radius 3 is 2.50 bits per heavy atom. The summed E-state index contributed by atoms with van der Waals surface area (Å²) < 4.78 is 2.99. The van der Waals surface area contributed by atoms with E-state index in [0.29, 0.717) is 24.6 Å². The van der Waals surface area contributed by atoms with E-state index < -0.39 is 0 Å². The molecule has 2 aromatic heterocycles. The fourth-order valence-electron chi connectivity index (χ4n) is 2.71. The van der Waals surface area contributed by atoms with Crippen LogP contribution in [0.4, 0.5) is 0 Å². The van der Waals surface area contributed by atoms with Gasteiger partial charge < -0.3 is 19.9 Å². The summed E-state index contributed by atoms with van der Waals surface area (Å²) in [7, 11) is 5.22. The van der Waals surface area contributed by atoms with E-state index in [-0.39, 0.29) is 5.91 Å². The van der Waals surface area contributed by atoms with Crippen molar-refractivity contribution in [3.63, 3.8) is 0 Å². The van der Waals surface area contributed by atoms with E-state index in [2.05, 4.69) is 36.5 Å². The number of guanidine groups is 1. The fourth-order valence-corrected chi connectivity index (χ4v) is 3.06. The van der Waals surface area contributed by atoms with E-state index in [9.17, 15) is 4.79 Å². The number of aromatic nitrogens is 2. The van der Waals surface area contributed by atoms with Crippen LogP contribution in [-0.4, -0.2) is 47.3 Å². The summed E-state index contributed by atoms with van der Waals surface area (Å²) >= 11 is 3.46. The van der Waals surface area contributed by atoms with Gasteiger partial charge in [0.15, 0.2) is 5.96 Å². The molecule has 146 valence electrons. The number of hydrogen-bond acceptors (Lipinski definition) is 3. The number of pyridine rings is 1. The quantitative estimate of drug-likeness (QED) is 0.470. The van der Waals surface area contributed by atoms with Gasteiger partial charge in [0.1, 0.15) is 5.65 Å². The van der Waals surface area contributed by atoms with Crippen LogP contribution in [0.15, 0.2) is 58.3 Å². The standard InChI is InChI=1S/C20H23BrN6O/c1-22-20(23-10-14-4-6-15(7-5-14)19(28)26(2)3)24-11-17-13-27-12-16(21)8-9-18(27)25-17/h4-9,12-13H,10-11H2,1-3H3,(H2,22,23,24). The molecule has 2 N–H and O–H groups in total. The number of amides is 1. The van der Waals surface area contributed by atoms with Crippen LogP contribution in [0.2, 0.25) is 0 Å². The Morgan fingerprint density at radius 2 is 1.82 bits per heavy atom. The normalized spacial score (nSPS) is 11.5. The second-order valence-corrected chi connectivity index (χ2v) is 7.44. The van der Waals surface area contributed by atoms with Crippen molar-refractivity contribution in [2.75, 3.05) is 21.1 Å². The van der Waals surface area contributed by atoms with Crippen LogP contribution in [0.25, 0.3) is 5.65 Å². The summed E-state index contributed by atoms with van der Waals surface area (Å²) in [6, 6.07) is 11.5. The maximum absolute atomic E-state index is 11.9. The molecule has 8 heteroatoms. The Kier molecular flexibility index (Phi) is 6.30. The number of imidazole rings is 1. The van der Waals surface area contributed by atoms with E-state index in [1.165, 1.54) is 0 Å². The molecule has 1 aromatic carbocycles. The molecule has 0 aliphatic rings. The van der Waals surface area contributed by atoms with Crippen LogP contribution < -0.4 is 10.6 Å². The minimum atomic E-state index is -0.00327. The monoisotopic (exact) mass is 442 g/mol. The summed E-state index contributed by atoms with van der Waals surface area (Å²) in [5.74, 6) is 0.683. The van der Waals surface area contributed by atoms with Gasteiger partial charge in [-0.05, 0) is 45.8 Å². The molecule has 0 radical (unpaired) electrons. The highest BCUT2D eigenvalue weighted by atomic mass is 79.9. The molecule has 1 amide bonds. The average molecular weight is 443 g/mol. The molecule has 0 saturated heterocycles. The lowest BCUT2D eigenvalue weighted by molar-refractivity contribution is 0.0827. The molecule has 0 fully saturated rings. The van der Waals surface area contributed by atoms with Crippen molar-refractivity contribution in [1.29, 1.82) is 0 Å². The number of nitrogens with zero attached hydrogens (tertiary/aromatic N) is 4.